The summed E-state index contributed by atoms with van der Waals surface area (Å²) in [7, 11) is 3.19. The van der Waals surface area contributed by atoms with Gasteiger partial charge in [0, 0.05) is 11.1 Å². The molecule has 0 fully saturated rings. The number of fused-ring (bicyclic) bond motifs is 2. The van der Waals surface area contributed by atoms with Crippen molar-refractivity contribution in [2.45, 2.75) is 20.0 Å². The van der Waals surface area contributed by atoms with Crippen molar-refractivity contribution >= 4 is 32.6 Å². The van der Waals surface area contributed by atoms with Gasteiger partial charge in [-0.05, 0) is 43.7 Å². The Morgan fingerprint density at radius 3 is 2.56 bits per heavy atom. The average Bonchev–Trinajstić information content (AvgIpc) is 3.09. The number of aliphatic hydroxyl groups excluding tert-OH is 1. The zero-order valence-corrected chi connectivity index (χ0v) is 16.3. The fraction of sp³-hybridized carbons (Fsp3) is 0.250. The van der Waals surface area contributed by atoms with Gasteiger partial charge in [0.15, 0.2) is 0 Å². The fourth-order valence-electron chi connectivity index (χ4n) is 3.09. The molecule has 0 aliphatic rings. The second kappa shape index (κ2) is 6.75. The summed E-state index contributed by atoms with van der Waals surface area (Å²) >= 11 is 1.54. The molecule has 0 aliphatic carbocycles. The predicted octanol–water partition coefficient (Wildman–Crippen LogP) is 4.29. The van der Waals surface area contributed by atoms with Crippen LogP contribution >= 0.6 is 11.3 Å². The van der Waals surface area contributed by atoms with Gasteiger partial charge in [0.1, 0.15) is 10.8 Å². The van der Waals surface area contributed by atoms with Crippen LogP contribution in [0.2, 0.25) is 0 Å². The monoisotopic (exact) mass is 381 g/mol. The van der Waals surface area contributed by atoms with E-state index in [-0.39, 0.29) is 0 Å². The fourth-order valence-corrected chi connectivity index (χ4v) is 4.14. The van der Waals surface area contributed by atoms with Crippen molar-refractivity contribution in [3.63, 3.8) is 0 Å². The van der Waals surface area contributed by atoms with Gasteiger partial charge < -0.3 is 14.6 Å². The molecule has 2 aromatic heterocycles. The molecule has 4 rings (SSSR count). The summed E-state index contributed by atoms with van der Waals surface area (Å²) in [5, 5.41) is 11.0. The summed E-state index contributed by atoms with van der Waals surface area (Å²) in [5.74, 6) is 1.18. The lowest BCUT2D eigenvalue weighted by atomic mass is 10.1. The Balaban J connectivity index is 1.98. The standard InChI is InChI=1S/C20H19N3O3S/c1-10-5-14(18-15(6-10)22-17(26-4)9-21-18)20-23-19-13(11(2)24)7-12(25-3)8-16(19)27-20/h5-9,11,24H,1-4H3. The Labute approximate surface area is 160 Å². The first-order valence-electron chi connectivity index (χ1n) is 8.48. The molecule has 1 N–H and O–H groups in total. The van der Waals surface area contributed by atoms with E-state index in [1.807, 2.05) is 25.1 Å². The summed E-state index contributed by atoms with van der Waals surface area (Å²) in [4.78, 5) is 13.9. The summed E-state index contributed by atoms with van der Waals surface area (Å²) in [6, 6.07) is 7.80. The van der Waals surface area contributed by atoms with Crippen LogP contribution in [0.1, 0.15) is 24.2 Å². The van der Waals surface area contributed by atoms with Gasteiger partial charge in [0.05, 0.1) is 47.8 Å². The molecule has 6 nitrogen and oxygen atoms in total. The number of methoxy groups -OCH3 is 2. The van der Waals surface area contributed by atoms with Gasteiger partial charge in [0.2, 0.25) is 5.88 Å². The van der Waals surface area contributed by atoms with Gasteiger partial charge in [0.25, 0.3) is 0 Å². The summed E-state index contributed by atoms with van der Waals surface area (Å²) in [6.07, 6.45) is 0.967. The zero-order valence-electron chi connectivity index (χ0n) is 15.5. The number of aliphatic hydroxyl groups is 1. The van der Waals surface area contributed by atoms with Crippen molar-refractivity contribution in [1.82, 2.24) is 15.0 Å². The minimum atomic E-state index is -0.643. The van der Waals surface area contributed by atoms with E-state index in [9.17, 15) is 5.11 Å². The number of hydrogen-bond donors (Lipinski definition) is 1. The third-order valence-corrected chi connectivity index (χ3v) is 5.43. The van der Waals surface area contributed by atoms with Gasteiger partial charge in [-0.1, -0.05) is 0 Å². The van der Waals surface area contributed by atoms with E-state index in [4.69, 9.17) is 14.5 Å². The van der Waals surface area contributed by atoms with Crippen LogP contribution in [0.4, 0.5) is 0 Å². The van der Waals surface area contributed by atoms with Gasteiger partial charge in [-0.2, -0.15) is 0 Å². The van der Waals surface area contributed by atoms with Crippen LogP contribution in [-0.4, -0.2) is 34.3 Å². The molecule has 2 aromatic carbocycles. The first kappa shape index (κ1) is 17.6. The van der Waals surface area contributed by atoms with Crippen LogP contribution in [0.15, 0.2) is 30.5 Å². The lowest BCUT2D eigenvalue weighted by molar-refractivity contribution is 0.200. The molecule has 0 saturated carbocycles. The van der Waals surface area contributed by atoms with Crippen molar-refractivity contribution < 1.29 is 14.6 Å². The lowest BCUT2D eigenvalue weighted by Crippen LogP contribution is -1.95. The molecule has 4 aromatic rings. The maximum absolute atomic E-state index is 10.2. The molecule has 0 bridgehead atoms. The number of rotatable bonds is 4. The maximum atomic E-state index is 10.2. The van der Waals surface area contributed by atoms with Crippen LogP contribution in [0.25, 0.3) is 31.8 Å². The van der Waals surface area contributed by atoms with Crippen molar-refractivity contribution in [3.8, 4) is 22.2 Å². The van der Waals surface area contributed by atoms with Gasteiger partial charge >= 0.3 is 0 Å². The molecule has 2 heterocycles. The van der Waals surface area contributed by atoms with Crippen LogP contribution in [0.3, 0.4) is 0 Å². The SMILES string of the molecule is COc1cc(C(C)O)c2nc(-c3cc(C)cc4nc(OC)cnc34)sc2c1. The minimum Gasteiger partial charge on any atom is -0.497 e. The number of ether oxygens (including phenoxy) is 2. The Kier molecular flexibility index (Phi) is 4.41. The number of benzene rings is 2. The highest BCUT2D eigenvalue weighted by Gasteiger charge is 2.17. The number of hydrogen-bond acceptors (Lipinski definition) is 7. The van der Waals surface area contributed by atoms with E-state index in [0.717, 1.165) is 42.9 Å². The summed E-state index contributed by atoms with van der Waals surface area (Å²) < 4.78 is 11.5. The highest BCUT2D eigenvalue weighted by atomic mass is 32.1. The van der Waals surface area contributed by atoms with Crippen LogP contribution in [-0.2, 0) is 0 Å². The average molecular weight is 381 g/mol. The van der Waals surface area contributed by atoms with Crippen molar-refractivity contribution in [3.05, 3.63) is 41.6 Å². The number of aromatic nitrogens is 3. The predicted molar refractivity (Wildman–Crippen MR) is 107 cm³/mol. The smallest absolute Gasteiger partial charge is 0.232 e. The molecule has 1 unspecified atom stereocenters. The van der Waals surface area contributed by atoms with E-state index < -0.39 is 6.10 Å². The third-order valence-electron chi connectivity index (χ3n) is 4.39. The molecular weight excluding hydrogens is 362 g/mol. The molecule has 27 heavy (non-hydrogen) atoms. The van der Waals surface area contributed by atoms with E-state index in [2.05, 4.69) is 16.0 Å². The van der Waals surface area contributed by atoms with Crippen LogP contribution in [0.5, 0.6) is 11.6 Å². The molecule has 1 atom stereocenters. The van der Waals surface area contributed by atoms with Gasteiger partial charge in [-0.25, -0.2) is 15.0 Å². The van der Waals surface area contributed by atoms with Crippen molar-refractivity contribution in [1.29, 1.82) is 0 Å². The highest BCUT2D eigenvalue weighted by Crippen LogP contribution is 2.38. The van der Waals surface area contributed by atoms with Crippen molar-refractivity contribution in [2.24, 2.45) is 0 Å². The number of aryl methyl sites for hydroxylation is 1. The number of thiazole rings is 1. The first-order chi connectivity index (χ1) is 13.0. The molecular formula is C20H19N3O3S. The molecule has 0 radical (unpaired) electrons. The van der Waals surface area contributed by atoms with Crippen LogP contribution < -0.4 is 9.47 Å². The van der Waals surface area contributed by atoms with E-state index in [1.54, 1.807) is 38.7 Å². The quantitative estimate of drug-likeness (QED) is 0.568. The highest BCUT2D eigenvalue weighted by molar-refractivity contribution is 7.21. The largest absolute Gasteiger partial charge is 0.497 e. The molecule has 0 amide bonds. The van der Waals surface area contributed by atoms with E-state index in [0.29, 0.717) is 11.6 Å². The van der Waals surface area contributed by atoms with Gasteiger partial charge in [-0.3, -0.25) is 0 Å². The Morgan fingerprint density at radius 1 is 1.04 bits per heavy atom. The lowest BCUT2D eigenvalue weighted by Gasteiger charge is -2.08. The normalized spacial score (nSPS) is 12.5. The molecule has 138 valence electrons. The molecule has 0 saturated heterocycles. The second-order valence-corrected chi connectivity index (χ2v) is 7.38. The molecule has 0 spiro atoms. The first-order valence-corrected chi connectivity index (χ1v) is 9.30. The summed E-state index contributed by atoms with van der Waals surface area (Å²) in [5.41, 5.74) is 5.03. The Hall–Kier alpha value is -2.77. The van der Waals surface area contributed by atoms with E-state index in [1.165, 1.54) is 0 Å². The topological polar surface area (TPSA) is 77.4 Å². The third kappa shape index (κ3) is 3.09. The molecule has 0 aliphatic heterocycles. The van der Waals surface area contributed by atoms with Crippen molar-refractivity contribution in [2.75, 3.05) is 14.2 Å². The Morgan fingerprint density at radius 2 is 1.85 bits per heavy atom. The van der Waals surface area contributed by atoms with Gasteiger partial charge in [-0.15, -0.1) is 11.3 Å². The molecule has 7 heteroatoms. The Bertz CT molecular complexity index is 1150. The maximum Gasteiger partial charge on any atom is 0.232 e. The minimum absolute atomic E-state index is 0.476. The summed E-state index contributed by atoms with van der Waals surface area (Å²) in [6.45, 7) is 3.74. The van der Waals surface area contributed by atoms with Crippen LogP contribution in [0, 0.1) is 6.92 Å². The zero-order chi connectivity index (χ0) is 19.1. The second-order valence-electron chi connectivity index (χ2n) is 6.35. The number of nitrogens with zero attached hydrogens (tertiary/aromatic N) is 3. The van der Waals surface area contributed by atoms with E-state index >= 15 is 0 Å².